The number of aromatic amines is 1. The predicted octanol–water partition coefficient (Wildman–Crippen LogP) is 5.57. The monoisotopic (exact) mass is 385 g/mol. The van der Waals surface area contributed by atoms with Crippen LogP contribution in [-0.4, -0.2) is 35.0 Å². The van der Waals surface area contributed by atoms with Gasteiger partial charge in [0.05, 0.1) is 11.3 Å². The van der Waals surface area contributed by atoms with Crippen molar-refractivity contribution in [3.05, 3.63) is 66.1 Å². The molecular formula is C22H22F3N3. The van der Waals surface area contributed by atoms with Gasteiger partial charge in [-0.05, 0) is 74.4 Å². The van der Waals surface area contributed by atoms with E-state index in [1.54, 1.807) is 12.4 Å². The number of hydrogen-bond donors (Lipinski definition) is 1. The number of piperidine rings is 1. The molecule has 0 bridgehead atoms. The number of pyridine rings is 1. The van der Waals surface area contributed by atoms with Gasteiger partial charge in [-0.2, -0.15) is 13.2 Å². The molecular weight excluding hydrogens is 363 g/mol. The zero-order valence-corrected chi connectivity index (χ0v) is 15.6. The van der Waals surface area contributed by atoms with Crippen molar-refractivity contribution >= 4 is 0 Å². The molecule has 1 aliphatic heterocycles. The minimum Gasteiger partial charge on any atom is -0.358 e. The second kappa shape index (κ2) is 7.43. The van der Waals surface area contributed by atoms with E-state index in [2.05, 4.69) is 28.0 Å². The van der Waals surface area contributed by atoms with Crippen LogP contribution in [-0.2, 0) is 6.18 Å². The minimum absolute atomic E-state index is 0.431. The predicted molar refractivity (Wildman–Crippen MR) is 104 cm³/mol. The van der Waals surface area contributed by atoms with E-state index >= 15 is 0 Å². The zero-order chi connectivity index (χ0) is 19.7. The van der Waals surface area contributed by atoms with Gasteiger partial charge in [0.2, 0.25) is 0 Å². The Kier molecular flexibility index (Phi) is 4.98. The summed E-state index contributed by atoms with van der Waals surface area (Å²) in [6.07, 6.45) is 1.27. The lowest BCUT2D eigenvalue weighted by atomic mass is 9.93. The first-order valence-electron chi connectivity index (χ1n) is 9.41. The smallest absolute Gasteiger partial charge is 0.358 e. The molecule has 146 valence electrons. The van der Waals surface area contributed by atoms with Crippen molar-refractivity contribution in [2.24, 2.45) is 0 Å². The fourth-order valence-corrected chi connectivity index (χ4v) is 3.83. The summed E-state index contributed by atoms with van der Waals surface area (Å²) < 4.78 is 38.8. The number of benzene rings is 1. The molecule has 1 N–H and O–H groups in total. The molecule has 6 heteroatoms. The van der Waals surface area contributed by atoms with Gasteiger partial charge in [0.25, 0.3) is 0 Å². The highest BCUT2D eigenvalue weighted by atomic mass is 19.4. The van der Waals surface area contributed by atoms with Crippen LogP contribution in [0, 0.1) is 0 Å². The number of hydrogen-bond acceptors (Lipinski definition) is 2. The lowest BCUT2D eigenvalue weighted by molar-refractivity contribution is -0.137. The summed E-state index contributed by atoms with van der Waals surface area (Å²) in [6, 6.07) is 11.4. The average Bonchev–Trinajstić information content (AvgIpc) is 3.14. The fraction of sp³-hybridized carbons (Fsp3) is 0.318. The highest BCUT2D eigenvalue weighted by Crippen LogP contribution is 2.38. The Morgan fingerprint density at radius 3 is 2.21 bits per heavy atom. The molecule has 0 radical (unpaired) electrons. The molecule has 1 aliphatic rings. The Bertz CT molecular complexity index is 922. The van der Waals surface area contributed by atoms with E-state index in [1.165, 1.54) is 12.1 Å². The average molecular weight is 385 g/mol. The maximum atomic E-state index is 12.9. The van der Waals surface area contributed by atoms with E-state index in [1.807, 2.05) is 12.1 Å². The van der Waals surface area contributed by atoms with Crippen LogP contribution < -0.4 is 0 Å². The molecule has 0 saturated carbocycles. The highest BCUT2D eigenvalue weighted by molar-refractivity contribution is 5.82. The maximum absolute atomic E-state index is 12.9. The number of halogens is 3. The Morgan fingerprint density at radius 2 is 1.61 bits per heavy atom. The molecule has 0 spiro atoms. The van der Waals surface area contributed by atoms with Gasteiger partial charge in [0.15, 0.2) is 0 Å². The highest BCUT2D eigenvalue weighted by Gasteiger charge is 2.30. The van der Waals surface area contributed by atoms with Crippen LogP contribution in [0.1, 0.15) is 30.0 Å². The van der Waals surface area contributed by atoms with Crippen LogP contribution in [0.2, 0.25) is 0 Å². The van der Waals surface area contributed by atoms with Crippen molar-refractivity contribution in [2.45, 2.75) is 24.9 Å². The van der Waals surface area contributed by atoms with E-state index in [0.717, 1.165) is 66.1 Å². The Hall–Kier alpha value is -2.60. The van der Waals surface area contributed by atoms with Crippen LogP contribution in [0.4, 0.5) is 13.2 Å². The topological polar surface area (TPSA) is 31.9 Å². The van der Waals surface area contributed by atoms with E-state index in [0.29, 0.717) is 5.92 Å². The summed E-state index contributed by atoms with van der Waals surface area (Å²) in [5.74, 6) is 0.431. The Morgan fingerprint density at radius 1 is 0.964 bits per heavy atom. The molecule has 28 heavy (non-hydrogen) atoms. The zero-order valence-electron chi connectivity index (χ0n) is 15.6. The number of nitrogens with one attached hydrogen (secondary N) is 1. The number of nitrogens with zero attached hydrogens (tertiary/aromatic N) is 2. The molecule has 1 saturated heterocycles. The number of alkyl halides is 3. The summed E-state index contributed by atoms with van der Waals surface area (Å²) >= 11 is 0. The molecule has 3 heterocycles. The number of likely N-dealkylation sites (tertiary alicyclic amines) is 1. The third kappa shape index (κ3) is 3.83. The molecule has 4 rings (SSSR count). The molecule has 2 aromatic heterocycles. The van der Waals surface area contributed by atoms with Gasteiger partial charge in [-0.3, -0.25) is 4.98 Å². The lowest BCUT2D eigenvalue weighted by Gasteiger charge is -2.28. The summed E-state index contributed by atoms with van der Waals surface area (Å²) in [4.78, 5) is 9.91. The van der Waals surface area contributed by atoms with E-state index in [9.17, 15) is 13.2 Å². The summed E-state index contributed by atoms with van der Waals surface area (Å²) in [5.41, 5.74) is 4.11. The van der Waals surface area contributed by atoms with Gasteiger partial charge in [-0.25, -0.2) is 0 Å². The lowest BCUT2D eigenvalue weighted by Crippen LogP contribution is -2.29. The molecule has 0 atom stereocenters. The normalized spacial score (nSPS) is 16.4. The van der Waals surface area contributed by atoms with Crippen LogP contribution in [0.3, 0.4) is 0 Å². The Labute approximate surface area is 162 Å². The SMILES string of the molecule is CN1CCC(c2cc(-c3ccncc3)c(-c3ccc(C(F)(F)F)cc3)[nH]2)CC1. The van der Waals surface area contributed by atoms with Crippen molar-refractivity contribution in [3.8, 4) is 22.4 Å². The first kappa shape index (κ1) is 18.7. The molecule has 1 fully saturated rings. The Balaban J connectivity index is 1.74. The number of aromatic nitrogens is 2. The van der Waals surface area contributed by atoms with Crippen molar-refractivity contribution in [1.29, 1.82) is 0 Å². The first-order valence-corrected chi connectivity index (χ1v) is 9.41. The van der Waals surface area contributed by atoms with Crippen molar-refractivity contribution < 1.29 is 13.2 Å². The number of H-pyrrole nitrogens is 1. The summed E-state index contributed by atoms with van der Waals surface area (Å²) in [5, 5.41) is 0. The third-order valence-corrected chi connectivity index (χ3v) is 5.49. The van der Waals surface area contributed by atoms with Gasteiger partial charge >= 0.3 is 6.18 Å². The van der Waals surface area contributed by atoms with Gasteiger partial charge < -0.3 is 9.88 Å². The molecule has 0 unspecified atom stereocenters. The van der Waals surface area contributed by atoms with Crippen molar-refractivity contribution in [1.82, 2.24) is 14.9 Å². The standard InChI is InChI=1S/C22H22F3N3/c1-28-12-8-16(9-13-28)20-14-19(15-6-10-26-11-7-15)21(27-20)17-2-4-18(5-3-17)22(23,24)25/h2-7,10-11,14,16,27H,8-9,12-13H2,1H3. The molecule has 0 aliphatic carbocycles. The van der Waals surface area contributed by atoms with Gasteiger partial charge in [-0.1, -0.05) is 12.1 Å². The maximum Gasteiger partial charge on any atom is 0.416 e. The van der Waals surface area contributed by atoms with Crippen LogP contribution in [0.15, 0.2) is 54.9 Å². The number of rotatable bonds is 3. The second-order valence-corrected chi connectivity index (χ2v) is 7.40. The van der Waals surface area contributed by atoms with E-state index < -0.39 is 11.7 Å². The van der Waals surface area contributed by atoms with Gasteiger partial charge in [0.1, 0.15) is 0 Å². The van der Waals surface area contributed by atoms with Gasteiger partial charge in [-0.15, -0.1) is 0 Å². The second-order valence-electron chi connectivity index (χ2n) is 7.40. The van der Waals surface area contributed by atoms with Crippen molar-refractivity contribution in [3.63, 3.8) is 0 Å². The summed E-state index contributed by atoms with van der Waals surface area (Å²) in [7, 11) is 2.13. The van der Waals surface area contributed by atoms with Crippen molar-refractivity contribution in [2.75, 3.05) is 20.1 Å². The fourth-order valence-electron chi connectivity index (χ4n) is 3.83. The largest absolute Gasteiger partial charge is 0.416 e. The van der Waals surface area contributed by atoms with Gasteiger partial charge in [0, 0.05) is 29.6 Å². The molecule has 0 amide bonds. The molecule has 3 nitrogen and oxygen atoms in total. The first-order chi connectivity index (χ1) is 13.4. The van der Waals surface area contributed by atoms with E-state index in [-0.39, 0.29) is 0 Å². The molecule has 3 aromatic rings. The quantitative estimate of drug-likeness (QED) is 0.639. The third-order valence-electron chi connectivity index (χ3n) is 5.49. The summed E-state index contributed by atoms with van der Waals surface area (Å²) in [6.45, 7) is 2.09. The van der Waals surface area contributed by atoms with E-state index in [4.69, 9.17) is 0 Å². The minimum atomic E-state index is -4.33. The molecule has 1 aromatic carbocycles. The van der Waals surface area contributed by atoms with Crippen LogP contribution in [0.25, 0.3) is 22.4 Å². The van der Waals surface area contributed by atoms with Crippen LogP contribution >= 0.6 is 0 Å². The van der Waals surface area contributed by atoms with Crippen LogP contribution in [0.5, 0.6) is 0 Å².